The van der Waals surface area contributed by atoms with Gasteiger partial charge in [0.2, 0.25) is 0 Å². The van der Waals surface area contributed by atoms with Gasteiger partial charge in [-0.25, -0.2) is 0 Å². The van der Waals surface area contributed by atoms with Gasteiger partial charge in [0.15, 0.2) is 0 Å². The van der Waals surface area contributed by atoms with Crippen LogP contribution >= 0.6 is 0 Å². The zero-order valence-corrected chi connectivity index (χ0v) is 21.6. The number of epoxide rings is 3. The van der Waals surface area contributed by atoms with Gasteiger partial charge in [0.25, 0.3) is 0 Å². The summed E-state index contributed by atoms with van der Waals surface area (Å²) in [4.78, 5) is 0. The average molecular weight is 491 g/mol. The first kappa shape index (κ1) is 28.3. The molecule has 35 heavy (non-hydrogen) atoms. The first-order valence-corrected chi connectivity index (χ1v) is 13.6. The van der Waals surface area contributed by atoms with Crippen LogP contribution in [0.25, 0.3) is 0 Å². The van der Waals surface area contributed by atoms with E-state index in [2.05, 4.69) is 31.4 Å². The number of ether oxygens (including phenoxy) is 6. The molecule has 3 saturated heterocycles. The summed E-state index contributed by atoms with van der Waals surface area (Å²) in [5.74, 6) is 0. The Morgan fingerprint density at radius 2 is 1.03 bits per heavy atom. The van der Waals surface area contributed by atoms with Crippen LogP contribution in [-0.4, -0.2) is 77.8 Å². The Labute approximate surface area is 212 Å². The smallest absolute Gasteiger partial charge is 0.104 e. The second-order valence-electron chi connectivity index (χ2n) is 9.57. The Hall–Kier alpha value is -1.28. The predicted molar refractivity (Wildman–Crippen MR) is 138 cm³/mol. The van der Waals surface area contributed by atoms with E-state index in [9.17, 15) is 0 Å². The second-order valence-corrected chi connectivity index (χ2v) is 9.57. The van der Waals surface area contributed by atoms with Crippen molar-refractivity contribution in [2.24, 2.45) is 0 Å². The zero-order valence-electron chi connectivity index (χ0n) is 21.6. The third-order valence-electron chi connectivity index (χ3n) is 6.36. The fourth-order valence-corrected chi connectivity index (χ4v) is 4.02. The van der Waals surface area contributed by atoms with Crippen LogP contribution < -0.4 is 0 Å². The molecule has 3 unspecified atom stereocenters. The molecular weight excluding hydrogens is 444 g/mol. The van der Waals surface area contributed by atoms with E-state index in [1.807, 2.05) is 0 Å². The molecule has 3 fully saturated rings. The van der Waals surface area contributed by atoms with Crippen molar-refractivity contribution in [1.29, 1.82) is 0 Å². The van der Waals surface area contributed by atoms with Gasteiger partial charge in [0.1, 0.15) is 18.3 Å². The van der Waals surface area contributed by atoms with E-state index >= 15 is 0 Å². The summed E-state index contributed by atoms with van der Waals surface area (Å²) in [6.07, 6.45) is 11.3. The number of aryl methyl sites for hydroxylation is 3. The molecule has 198 valence electrons. The molecule has 0 N–H and O–H groups in total. The number of unbranched alkanes of at least 4 members (excludes halogenated alkanes) is 3. The van der Waals surface area contributed by atoms with E-state index in [0.717, 1.165) is 98.0 Å². The molecule has 0 aliphatic carbocycles. The zero-order chi connectivity index (χ0) is 24.6. The summed E-state index contributed by atoms with van der Waals surface area (Å²) < 4.78 is 32.7. The van der Waals surface area contributed by atoms with Gasteiger partial charge in [-0.3, -0.25) is 0 Å². The van der Waals surface area contributed by atoms with E-state index in [4.69, 9.17) is 28.4 Å². The lowest BCUT2D eigenvalue weighted by Crippen LogP contribution is -2.05. The highest BCUT2D eigenvalue weighted by Gasteiger charge is 2.23. The lowest BCUT2D eigenvalue weighted by Gasteiger charge is -2.13. The standard InChI is InChI=1S/C27H42O6.C2H4/c1(4-12-28-16-25-19-31-25)7-22-10-11-23(8-2-5-13-29-17-26-20-32-26)24(15-22)9-3-6-14-30-18-27-21-33-27;1-2/h10-11,15,25-27H,1-9,12-14,16-21H2;1-2H2. The highest BCUT2D eigenvalue weighted by atomic mass is 16.6. The van der Waals surface area contributed by atoms with Crippen molar-refractivity contribution in [2.75, 3.05) is 59.5 Å². The fourth-order valence-electron chi connectivity index (χ4n) is 4.02. The molecule has 0 bridgehead atoms. The molecule has 6 nitrogen and oxygen atoms in total. The molecule has 1 aromatic carbocycles. The van der Waals surface area contributed by atoms with Gasteiger partial charge >= 0.3 is 0 Å². The quantitative estimate of drug-likeness (QED) is 0.141. The first-order chi connectivity index (χ1) is 17.4. The van der Waals surface area contributed by atoms with Gasteiger partial charge in [0, 0.05) is 19.8 Å². The lowest BCUT2D eigenvalue weighted by atomic mass is 9.94. The molecule has 0 saturated carbocycles. The summed E-state index contributed by atoms with van der Waals surface area (Å²) in [5.41, 5.74) is 4.48. The van der Waals surface area contributed by atoms with E-state index in [1.54, 1.807) is 0 Å². The second kappa shape index (κ2) is 17.2. The Morgan fingerprint density at radius 3 is 1.49 bits per heavy atom. The van der Waals surface area contributed by atoms with Crippen LogP contribution in [0, 0.1) is 0 Å². The Morgan fingerprint density at radius 1 is 0.600 bits per heavy atom. The van der Waals surface area contributed by atoms with Crippen molar-refractivity contribution in [2.45, 2.75) is 76.1 Å². The molecule has 0 amide bonds. The number of hydrogen-bond donors (Lipinski definition) is 0. The molecule has 0 radical (unpaired) electrons. The fraction of sp³-hybridized carbons (Fsp3) is 0.724. The lowest BCUT2D eigenvalue weighted by molar-refractivity contribution is 0.113. The molecular formula is C29H46O6. The molecule has 4 rings (SSSR count). The Kier molecular flexibility index (Phi) is 13.9. The van der Waals surface area contributed by atoms with Crippen LogP contribution in [0.3, 0.4) is 0 Å². The summed E-state index contributed by atoms with van der Waals surface area (Å²) in [5, 5.41) is 0. The van der Waals surface area contributed by atoms with Gasteiger partial charge in [-0.1, -0.05) is 18.2 Å². The normalized spacial score (nSPS) is 21.9. The van der Waals surface area contributed by atoms with E-state index in [-0.39, 0.29) is 0 Å². The van der Waals surface area contributed by atoms with Crippen LogP contribution in [0.15, 0.2) is 31.4 Å². The molecule has 6 heteroatoms. The Bertz CT molecular complexity index is 684. The monoisotopic (exact) mass is 490 g/mol. The molecule has 3 heterocycles. The van der Waals surface area contributed by atoms with Crippen LogP contribution in [-0.2, 0) is 47.7 Å². The average Bonchev–Trinajstić information content (AvgIpc) is 3.73. The van der Waals surface area contributed by atoms with Crippen molar-refractivity contribution in [3.63, 3.8) is 0 Å². The van der Waals surface area contributed by atoms with E-state index < -0.39 is 0 Å². The van der Waals surface area contributed by atoms with E-state index in [0.29, 0.717) is 18.3 Å². The number of hydrogen-bond acceptors (Lipinski definition) is 6. The van der Waals surface area contributed by atoms with Crippen molar-refractivity contribution in [3.8, 4) is 0 Å². The Balaban J connectivity index is 0.00000167. The maximum Gasteiger partial charge on any atom is 0.104 e. The van der Waals surface area contributed by atoms with Gasteiger partial charge in [-0.05, 0) is 74.5 Å². The van der Waals surface area contributed by atoms with Crippen LogP contribution in [0.2, 0.25) is 0 Å². The predicted octanol–water partition coefficient (Wildman–Crippen LogP) is 4.70. The molecule has 1 aromatic rings. The van der Waals surface area contributed by atoms with Crippen molar-refractivity contribution >= 4 is 0 Å². The van der Waals surface area contributed by atoms with Crippen molar-refractivity contribution < 1.29 is 28.4 Å². The summed E-state index contributed by atoms with van der Waals surface area (Å²) >= 11 is 0. The van der Waals surface area contributed by atoms with Crippen molar-refractivity contribution in [3.05, 3.63) is 48.0 Å². The number of rotatable bonds is 21. The molecule has 0 aromatic heterocycles. The molecule has 3 aliphatic rings. The summed E-state index contributed by atoms with van der Waals surface area (Å²) in [6.45, 7) is 13.4. The summed E-state index contributed by atoms with van der Waals surface area (Å²) in [6, 6.07) is 7.15. The van der Waals surface area contributed by atoms with Crippen LogP contribution in [0.4, 0.5) is 0 Å². The molecule has 3 aliphatic heterocycles. The maximum absolute atomic E-state index is 5.71. The van der Waals surface area contributed by atoms with Crippen molar-refractivity contribution in [1.82, 2.24) is 0 Å². The highest BCUT2D eigenvalue weighted by Crippen LogP contribution is 2.20. The molecule has 0 spiro atoms. The van der Waals surface area contributed by atoms with Gasteiger partial charge in [-0.15, -0.1) is 13.2 Å². The molecule has 3 atom stereocenters. The van der Waals surface area contributed by atoms with E-state index in [1.165, 1.54) is 36.0 Å². The number of benzene rings is 1. The van der Waals surface area contributed by atoms with Gasteiger partial charge in [0.05, 0.1) is 39.6 Å². The summed E-state index contributed by atoms with van der Waals surface area (Å²) in [7, 11) is 0. The van der Waals surface area contributed by atoms with Crippen LogP contribution in [0.5, 0.6) is 0 Å². The minimum absolute atomic E-state index is 0.363. The van der Waals surface area contributed by atoms with Crippen LogP contribution in [0.1, 0.15) is 55.2 Å². The maximum atomic E-state index is 5.71. The topological polar surface area (TPSA) is 65.3 Å². The minimum Gasteiger partial charge on any atom is -0.379 e. The SMILES string of the molecule is C=C.c1cc(CCCCOCC2CO2)c(CCCCOCC2CO2)cc1CCCCOCC1CO1. The minimum atomic E-state index is 0.363. The highest BCUT2D eigenvalue weighted by molar-refractivity contribution is 5.32. The first-order valence-electron chi connectivity index (χ1n) is 13.6. The third kappa shape index (κ3) is 13.6. The third-order valence-corrected chi connectivity index (χ3v) is 6.36. The largest absolute Gasteiger partial charge is 0.379 e. The van der Waals surface area contributed by atoms with Gasteiger partial charge < -0.3 is 28.4 Å². The van der Waals surface area contributed by atoms with Gasteiger partial charge in [-0.2, -0.15) is 0 Å².